The van der Waals surface area contributed by atoms with Crippen LogP contribution in [0, 0.1) is 6.92 Å². The highest BCUT2D eigenvalue weighted by Crippen LogP contribution is 2.31. The van der Waals surface area contributed by atoms with Gasteiger partial charge in [-0.3, -0.25) is 0 Å². The summed E-state index contributed by atoms with van der Waals surface area (Å²) in [5, 5.41) is 2.18. The number of imidazole rings is 1. The number of aromatic amines is 1. The molecule has 2 heterocycles. The van der Waals surface area contributed by atoms with E-state index in [0.29, 0.717) is 6.54 Å². The van der Waals surface area contributed by atoms with Crippen LogP contribution in [0.2, 0.25) is 0 Å². The first-order chi connectivity index (χ1) is 12.1. The second kappa shape index (κ2) is 6.11. The first-order valence-electron chi connectivity index (χ1n) is 8.19. The zero-order chi connectivity index (χ0) is 17.4. The van der Waals surface area contributed by atoms with Crippen LogP contribution in [0.5, 0.6) is 0 Å². The van der Waals surface area contributed by atoms with E-state index < -0.39 is 5.54 Å². The number of nitrogens with one attached hydrogen (secondary N) is 1. The van der Waals surface area contributed by atoms with Gasteiger partial charge in [0.2, 0.25) is 0 Å². The summed E-state index contributed by atoms with van der Waals surface area (Å²) in [5.74, 6) is 0. The van der Waals surface area contributed by atoms with Crippen LogP contribution in [-0.2, 0) is 5.54 Å². The van der Waals surface area contributed by atoms with E-state index in [1.54, 1.807) is 17.7 Å². The average Bonchev–Trinajstić information content (AvgIpc) is 3.29. The summed E-state index contributed by atoms with van der Waals surface area (Å²) in [6.45, 7) is 2.44. The number of fused-ring (bicyclic) bond motifs is 1. The molecule has 5 heteroatoms. The summed E-state index contributed by atoms with van der Waals surface area (Å²) in [5.41, 5.74) is 18.4. The highest BCUT2D eigenvalue weighted by atomic mass is 32.1. The van der Waals surface area contributed by atoms with Gasteiger partial charge in [0.15, 0.2) is 0 Å². The number of H-pyrrole nitrogens is 1. The van der Waals surface area contributed by atoms with Crippen molar-refractivity contribution in [3.63, 3.8) is 0 Å². The predicted molar refractivity (Wildman–Crippen MR) is 105 cm³/mol. The van der Waals surface area contributed by atoms with Crippen molar-refractivity contribution in [3.05, 3.63) is 76.2 Å². The second-order valence-electron chi connectivity index (χ2n) is 6.33. The highest BCUT2D eigenvalue weighted by Gasteiger charge is 2.28. The van der Waals surface area contributed by atoms with Gasteiger partial charge in [-0.1, -0.05) is 30.3 Å². The Kier molecular flexibility index (Phi) is 3.92. The number of nitrogens with two attached hydrogens (primary N) is 2. The van der Waals surface area contributed by atoms with E-state index in [1.165, 1.54) is 16.0 Å². The highest BCUT2D eigenvalue weighted by molar-refractivity contribution is 7.10. The van der Waals surface area contributed by atoms with Gasteiger partial charge in [-0.2, -0.15) is 0 Å². The Morgan fingerprint density at radius 2 is 1.80 bits per heavy atom. The van der Waals surface area contributed by atoms with E-state index in [9.17, 15) is 0 Å². The van der Waals surface area contributed by atoms with Crippen molar-refractivity contribution in [1.29, 1.82) is 0 Å². The molecule has 0 aliphatic rings. The standard InChI is InChI=1S/C20H20N4S/c1-13-8-15(10-25-13)14-2-4-16(5-3-14)20(22,11-21)17-6-7-18-19(9-17)24-12-23-18/h2-10,12H,11,21-22H2,1H3,(H,23,24). The lowest BCUT2D eigenvalue weighted by atomic mass is 9.83. The molecule has 0 saturated carbocycles. The van der Waals surface area contributed by atoms with Gasteiger partial charge >= 0.3 is 0 Å². The summed E-state index contributed by atoms with van der Waals surface area (Å²) in [6.07, 6.45) is 1.69. The summed E-state index contributed by atoms with van der Waals surface area (Å²) >= 11 is 1.76. The number of thiophene rings is 1. The molecule has 0 amide bonds. The fourth-order valence-corrected chi connectivity index (χ4v) is 3.88. The molecule has 4 aromatic rings. The maximum Gasteiger partial charge on any atom is 0.0931 e. The van der Waals surface area contributed by atoms with Gasteiger partial charge in [0.25, 0.3) is 0 Å². The molecule has 4 nitrogen and oxygen atoms in total. The number of rotatable bonds is 4. The Hall–Kier alpha value is -2.47. The normalized spacial score (nSPS) is 13.9. The van der Waals surface area contributed by atoms with Crippen molar-refractivity contribution < 1.29 is 0 Å². The molecule has 0 saturated heterocycles. The largest absolute Gasteiger partial charge is 0.345 e. The van der Waals surface area contributed by atoms with Gasteiger partial charge in [0.05, 0.1) is 22.9 Å². The van der Waals surface area contributed by atoms with Gasteiger partial charge < -0.3 is 16.5 Å². The molecule has 1 unspecified atom stereocenters. The maximum absolute atomic E-state index is 6.73. The third kappa shape index (κ3) is 2.76. The number of benzene rings is 2. The minimum Gasteiger partial charge on any atom is -0.345 e. The molecule has 2 aromatic heterocycles. The van der Waals surface area contributed by atoms with E-state index in [4.69, 9.17) is 11.5 Å². The van der Waals surface area contributed by atoms with Gasteiger partial charge in [-0.15, -0.1) is 11.3 Å². The fourth-order valence-electron chi connectivity index (χ4n) is 3.17. The van der Waals surface area contributed by atoms with Crippen LogP contribution >= 0.6 is 11.3 Å². The lowest BCUT2D eigenvalue weighted by Gasteiger charge is -2.29. The molecular weight excluding hydrogens is 328 g/mol. The second-order valence-corrected chi connectivity index (χ2v) is 7.45. The van der Waals surface area contributed by atoms with E-state index >= 15 is 0 Å². The number of nitrogens with zero attached hydrogens (tertiary/aromatic N) is 1. The molecule has 25 heavy (non-hydrogen) atoms. The van der Waals surface area contributed by atoms with Crippen molar-refractivity contribution >= 4 is 22.4 Å². The Bertz CT molecular complexity index is 1020. The number of aryl methyl sites for hydroxylation is 1. The minimum atomic E-state index is -0.740. The van der Waals surface area contributed by atoms with E-state index in [0.717, 1.165) is 22.2 Å². The summed E-state index contributed by atoms with van der Waals surface area (Å²) in [6, 6.07) is 16.6. The van der Waals surface area contributed by atoms with E-state index in [1.807, 2.05) is 18.2 Å². The predicted octanol–water partition coefficient (Wildman–Crippen LogP) is 3.76. The van der Waals surface area contributed by atoms with Crippen LogP contribution in [0.1, 0.15) is 16.0 Å². The van der Waals surface area contributed by atoms with Crippen LogP contribution in [-0.4, -0.2) is 16.5 Å². The summed E-state index contributed by atoms with van der Waals surface area (Å²) in [4.78, 5) is 8.73. The lowest BCUT2D eigenvalue weighted by Crippen LogP contribution is -2.45. The molecular formula is C20H20N4S. The molecule has 0 aliphatic heterocycles. The SMILES string of the molecule is Cc1cc(-c2ccc(C(N)(CN)c3ccc4[nH]cnc4c3)cc2)cs1. The van der Waals surface area contributed by atoms with Crippen molar-refractivity contribution in [2.75, 3.05) is 6.54 Å². The van der Waals surface area contributed by atoms with Crippen LogP contribution < -0.4 is 11.5 Å². The fraction of sp³-hybridized carbons (Fsp3) is 0.150. The molecule has 0 aliphatic carbocycles. The quantitative estimate of drug-likeness (QED) is 0.525. The summed E-state index contributed by atoms with van der Waals surface area (Å²) < 4.78 is 0. The third-order valence-corrected chi connectivity index (χ3v) is 5.58. The average molecular weight is 348 g/mol. The molecule has 126 valence electrons. The Labute approximate surface area is 150 Å². The third-order valence-electron chi connectivity index (χ3n) is 4.72. The first-order valence-corrected chi connectivity index (χ1v) is 9.07. The monoisotopic (exact) mass is 348 g/mol. The molecule has 0 spiro atoms. The van der Waals surface area contributed by atoms with Crippen molar-refractivity contribution in [3.8, 4) is 11.1 Å². The molecule has 0 fully saturated rings. The smallest absolute Gasteiger partial charge is 0.0931 e. The maximum atomic E-state index is 6.73. The van der Waals surface area contributed by atoms with E-state index in [-0.39, 0.29) is 0 Å². The minimum absolute atomic E-state index is 0.319. The van der Waals surface area contributed by atoms with Gasteiger partial charge in [0.1, 0.15) is 0 Å². The van der Waals surface area contributed by atoms with Crippen LogP contribution in [0.25, 0.3) is 22.2 Å². The van der Waals surface area contributed by atoms with Crippen molar-refractivity contribution in [2.45, 2.75) is 12.5 Å². The molecule has 4 rings (SSSR count). The Morgan fingerprint density at radius 1 is 1.04 bits per heavy atom. The lowest BCUT2D eigenvalue weighted by molar-refractivity contribution is 0.552. The molecule has 2 aromatic carbocycles. The van der Waals surface area contributed by atoms with Gasteiger partial charge in [-0.05, 0) is 52.8 Å². The molecule has 5 N–H and O–H groups in total. The van der Waals surface area contributed by atoms with Crippen LogP contribution in [0.15, 0.2) is 60.2 Å². The Balaban J connectivity index is 1.74. The number of hydrogen-bond donors (Lipinski definition) is 3. The summed E-state index contributed by atoms with van der Waals surface area (Å²) in [7, 11) is 0. The molecule has 0 bridgehead atoms. The number of aromatic nitrogens is 2. The van der Waals surface area contributed by atoms with Crippen molar-refractivity contribution in [2.24, 2.45) is 11.5 Å². The molecule has 0 radical (unpaired) electrons. The number of hydrogen-bond acceptors (Lipinski definition) is 4. The zero-order valence-electron chi connectivity index (χ0n) is 14.0. The van der Waals surface area contributed by atoms with Crippen LogP contribution in [0.4, 0.5) is 0 Å². The molecule has 1 atom stereocenters. The van der Waals surface area contributed by atoms with Gasteiger partial charge in [0, 0.05) is 11.4 Å². The zero-order valence-corrected chi connectivity index (χ0v) is 14.8. The van der Waals surface area contributed by atoms with E-state index in [2.05, 4.69) is 52.6 Å². The topological polar surface area (TPSA) is 80.7 Å². The van der Waals surface area contributed by atoms with Crippen LogP contribution in [0.3, 0.4) is 0 Å². The van der Waals surface area contributed by atoms with Gasteiger partial charge in [-0.25, -0.2) is 4.98 Å². The van der Waals surface area contributed by atoms with Crippen molar-refractivity contribution in [1.82, 2.24) is 9.97 Å². The Morgan fingerprint density at radius 3 is 2.48 bits per heavy atom. The first kappa shape index (κ1) is 16.0.